The predicted octanol–water partition coefficient (Wildman–Crippen LogP) is 3.15. The van der Waals surface area contributed by atoms with Gasteiger partial charge >= 0.3 is 11.9 Å². The van der Waals surface area contributed by atoms with Gasteiger partial charge in [0.25, 0.3) is 0 Å². The van der Waals surface area contributed by atoms with Crippen LogP contribution in [0, 0.1) is 12.3 Å². The van der Waals surface area contributed by atoms with Crippen LogP contribution in [0.2, 0.25) is 0 Å². The molecular weight excluding hydrogens is 310 g/mol. The van der Waals surface area contributed by atoms with Gasteiger partial charge in [-0.15, -0.1) is 0 Å². The summed E-state index contributed by atoms with van der Waals surface area (Å²) in [6.07, 6.45) is 3.67. The summed E-state index contributed by atoms with van der Waals surface area (Å²) in [7, 11) is 1.29. The van der Waals surface area contributed by atoms with Crippen molar-refractivity contribution in [3.05, 3.63) is 29.3 Å². The average molecular weight is 333 g/mol. The van der Waals surface area contributed by atoms with E-state index in [0.717, 1.165) is 24.8 Å². The van der Waals surface area contributed by atoms with Crippen LogP contribution in [-0.4, -0.2) is 30.1 Å². The van der Waals surface area contributed by atoms with Crippen molar-refractivity contribution in [2.75, 3.05) is 12.4 Å². The summed E-state index contributed by atoms with van der Waals surface area (Å²) in [6.45, 7) is 1.81. The maximum atomic E-state index is 12.4. The van der Waals surface area contributed by atoms with Gasteiger partial charge in [-0.2, -0.15) is 0 Å². The molecule has 0 spiro atoms. The van der Waals surface area contributed by atoms with Crippen molar-refractivity contribution in [1.82, 2.24) is 0 Å². The second kappa shape index (κ2) is 7.47. The van der Waals surface area contributed by atoms with Gasteiger partial charge in [0.15, 0.2) is 0 Å². The largest absolute Gasteiger partial charge is 0.481 e. The van der Waals surface area contributed by atoms with E-state index in [-0.39, 0.29) is 12.3 Å². The number of hydrogen-bond donors (Lipinski definition) is 2. The Balaban J connectivity index is 2.14. The molecule has 24 heavy (non-hydrogen) atoms. The molecule has 2 rings (SSSR count). The van der Waals surface area contributed by atoms with E-state index in [1.54, 1.807) is 18.2 Å². The number of amides is 1. The molecule has 1 fully saturated rings. The quantitative estimate of drug-likeness (QED) is 0.808. The van der Waals surface area contributed by atoms with Crippen LogP contribution in [0.1, 0.15) is 54.4 Å². The number of hydrogen-bond acceptors (Lipinski definition) is 4. The third-order valence-electron chi connectivity index (χ3n) is 4.70. The van der Waals surface area contributed by atoms with Crippen LogP contribution >= 0.6 is 0 Å². The zero-order valence-electron chi connectivity index (χ0n) is 14.1. The number of esters is 1. The topological polar surface area (TPSA) is 92.7 Å². The van der Waals surface area contributed by atoms with Gasteiger partial charge in [-0.05, 0) is 37.5 Å². The number of carboxylic acid groups (broad SMARTS) is 1. The fourth-order valence-corrected chi connectivity index (χ4v) is 3.20. The Morgan fingerprint density at radius 1 is 1.21 bits per heavy atom. The summed E-state index contributed by atoms with van der Waals surface area (Å²) >= 11 is 0. The van der Waals surface area contributed by atoms with Crippen molar-refractivity contribution >= 4 is 23.5 Å². The predicted molar refractivity (Wildman–Crippen MR) is 88.9 cm³/mol. The van der Waals surface area contributed by atoms with Crippen LogP contribution in [0.25, 0.3) is 0 Å². The monoisotopic (exact) mass is 333 g/mol. The first-order chi connectivity index (χ1) is 11.4. The number of carboxylic acids is 1. The van der Waals surface area contributed by atoms with Crippen LogP contribution in [0.15, 0.2) is 18.2 Å². The summed E-state index contributed by atoms with van der Waals surface area (Å²) in [5, 5.41) is 12.3. The minimum Gasteiger partial charge on any atom is -0.481 e. The van der Waals surface area contributed by atoms with Gasteiger partial charge in [0.2, 0.25) is 5.91 Å². The molecule has 0 bridgehead atoms. The Morgan fingerprint density at radius 2 is 1.88 bits per heavy atom. The van der Waals surface area contributed by atoms with E-state index in [2.05, 4.69) is 10.1 Å². The highest BCUT2D eigenvalue weighted by Gasteiger charge is 2.41. The highest BCUT2D eigenvalue weighted by molar-refractivity contribution is 5.97. The van der Waals surface area contributed by atoms with Crippen molar-refractivity contribution in [2.45, 2.75) is 45.4 Å². The summed E-state index contributed by atoms with van der Waals surface area (Å²) in [4.78, 5) is 35.7. The molecule has 1 amide bonds. The van der Waals surface area contributed by atoms with Gasteiger partial charge in [0, 0.05) is 12.1 Å². The molecule has 0 aromatic heterocycles. The first-order valence-electron chi connectivity index (χ1n) is 8.10. The van der Waals surface area contributed by atoms with E-state index in [1.165, 1.54) is 7.11 Å². The van der Waals surface area contributed by atoms with E-state index in [1.807, 2.05) is 6.92 Å². The van der Waals surface area contributed by atoms with E-state index >= 15 is 0 Å². The van der Waals surface area contributed by atoms with Crippen LogP contribution in [0.3, 0.4) is 0 Å². The number of carbonyl (C=O) groups is 3. The number of ether oxygens (including phenoxy) is 1. The number of benzene rings is 1. The normalized spacial score (nSPS) is 16.2. The number of carbonyl (C=O) groups excluding carboxylic acids is 2. The molecule has 1 aromatic rings. The highest BCUT2D eigenvalue weighted by atomic mass is 16.5. The Bertz CT molecular complexity index is 647. The lowest BCUT2D eigenvalue weighted by atomic mass is 9.71. The van der Waals surface area contributed by atoms with E-state index in [9.17, 15) is 19.5 Å². The Hall–Kier alpha value is -2.37. The first-order valence-corrected chi connectivity index (χ1v) is 8.10. The van der Waals surface area contributed by atoms with Crippen molar-refractivity contribution in [1.29, 1.82) is 0 Å². The molecule has 1 aliphatic rings. The first kappa shape index (κ1) is 18.0. The summed E-state index contributed by atoms with van der Waals surface area (Å²) in [6, 6.07) is 4.89. The van der Waals surface area contributed by atoms with E-state index in [4.69, 9.17) is 0 Å². The molecule has 0 radical (unpaired) electrons. The molecule has 1 aromatic carbocycles. The molecule has 0 atom stereocenters. The Labute approximate surface area is 141 Å². The smallest absolute Gasteiger partial charge is 0.337 e. The Morgan fingerprint density at radius 3 is 2.46 bits per heavy atom. The molecular formula is C18H23NO5. The van der Waals surface area contributed by atoms with Gasteiger partial charge in [-0.3, -0.25) is 9.59 Å². The zero-order chi connectivity index (χ0) is 17.7. The van der Waals surface area contributed by atoms with Gasteiger partial charge in [0.05, 0.1) is 18.1 Å². The molecule has 2 N–H and O–H groups in total. The molecule has 1 saturated carbocycles. The average Bonchev–Trinajstić information content (AvgIpc) is 2.56. The van der Waals surface area contributed by atoms with Crippen molar-refractivity contribution in [3.8, 4) is 0 Å². The SMILES string of the molecule is COC(=O)c1ccc(C)c(NC(=O)CC2(C(=O)O)CCCCC2)c1. The molecule has 130 valence electrons. The highest BCUT2D eigenvalue weighted by Crippen LogP contribution is 2.40. The zero-order valence-corrected chi connectivity index (χ0v) is 14.1. The second-order valence-electron chi connectivity index (χ2n) is 6.39. The van der Waals surface area contributed by atoms with Crippen LogP contribution < -0.4 is 5.32 Å². The van der Waals surface area contributed by atoms with Crippen LogP contribution in [0.4, 0.5) is 5.69 Å². The number of rotatable bonds is 5. The lowest BCUT2D eigenvalue weighted by Gasteiger charge is -2.32. The number of aryl methyl sites for hydroxylation is 1. The third kappa shape index (κ3) is 3.93. The number of nitrogens with one attached hydrogen (secondary N) is 1. The van der Waals surface area contributed by atoms with Gasteiger partial charge in [-0.1, -0.05) is 25.3 Å². The Kier molecular flexibility index (Phi) is 5.59. The van der Waals surface area contributed by atoms with Gasteiger partial charge < -0.3 is 15.2 Å². The van der Waals surface area contributed by atoms with E-state index < -0.39 is 17.4 Å². The number of anilines is 1. The molecule has 6 nitrogen and oxygen atoms in total. The number of aliphatic carboxylic acids is 1. The van der Waals surface area contributed by atoms with Crippen LogP contribution in [-0.2, 0) is 14.3 Å². The molecule has 0 aliphatic heterocycles. The second-order valence-corrected chi connectivity index (χ2v) is 6.39. The molecule has 0 saturated heterocycles. The summed E-state index contributed by atoms with van der Waals surface area (Å²) < 4.78 is 4.68. The lowest BCUT2D eigenvalue weighted by Crippen LogP contribution is -2.37. The minimum absolute atomic E-state index is 0.0514. The maximum Gasteiger partial charge on any atom is 0.337 e. The van der Waals surface area contributed by atoms with Crippen LogP contribution in [0.5, 0.6) is 0 Å². The van der Waals surface area contributed by atoms with E-state index in [0.29, 0.717) is 24.1 Å². The fourth-order valence-electron chi connectivity index (χ4n) is 3.20. The minimum atomic E-state index is -0.976. The molecule has 0 heterocycles. The lowest BCUT2D eigenvalue weighted by molar-refractivity contribution is -0.153. The third-order valence-corrected chi connectivity index (χ3v) is 4.70. The number of methoxy groups -OCH3 is 1. The molecule has 1 aliphatic carbocycles. The molecule has 6 heteroatoms. The maximum absolute atomic E-state index is 12.4. The summed E-state index contributed by atoms with van der Waals surface area (Å²) in [5.74, 6) is -1.73. The van der Waals surface area contributed by atoms with Crippen molar-refractivity contribution < 1.29 is 24.2 Å². The fraction of sp³-hybridized carbons (Fsp3) is 0.500. The molecule has 0 unspecified atom stereocenters. The summed E-state index contributed by atoms with van der Waals surface area (Å²) in [5.41, 5.74) is 0.656. The van der Waals surface area contributed by atoms with Crippen molar-refractivity contribution in [2.24, 2.45) is 5.41 Å². The standard InChI is InChI=1S/C18H23NO5/c1-12-6-7-13(16(21)24-2)10-14(12)19-15(20)11-18(17(22)23)8-4-3-5-9-18/h6-7,10H,3-5,8-9,11H2,1-2H3,(H,19,20)(H,22,23). The van der Waals surface area contributed by atoms with Gasteiger partial charge in [-0.25, -0.2) is 4.79 Å². The van der Waals surface area contributed by atoms with Gasteiger partial charge in [0.1, 0.15) is 0 Å². The van der Waals surface area contributed by atoms with Crippen molar-refractivity contribution in [3.63, 3.8) is 0 Å².